The summed E-state index contributed by atoms with van der Waals surface area (Å²) in [6.07, 6.45) is 0. The molecule has 0 bridgehead atoms. The van der Waals surface area contributed by atoms with E-state index in [1.807, 2.05) is 12.1 Å². The van der Waals surface area contributed by atoms with Gasteiger partial charge in [0.15, 0.2) is 0 Å². The second-order valence-electron chi connectivity index (χ2n) is 4.35. The minimum atomic E-state index is -0.345. The predicted octanol–water partition coefficient (Wildman–Crippen LogP) is 2.13. The van der Waals surface area contributed by atoms with E-state index in [0.717, 1.165) is 12.2 Å². The Morgan fingerprint density at radius 2 is 2.29 bits per heavy atom. The lowest BCUT2D eigenvalue weighted by molar-refractivity contribution is -0.385. The van der Waals surface area contributed by atoms with Crippen molar-refractivity contribution in [2.75, 3.05) is 24.7 Å². The lowest BCUT2D eigenvalue weighted by atomic mass is 10.1. The summed E-state index contributed by atoms with van der Waals surface area (Å²) in [5, 5.41) is 10.7. The maximum absolute atomic E-state index is 10.7. The second kappa shape index (κ2) is 4.71. The molecular formula is C12H16N2O3. The number of hydrogen-bond donors (Lipinski definition) is 0. The molecule has 2 rings (SSSR count). The maximum atomic E-state index is 10.7. The quantitative estimate of drug-likeness (QED) is 0.583. The van der Waals surface area contributed by atoms with Gasteiger partial charge in [0.2, 0.25) is 0 Å². The van der Waals surface area contributed by atoms with Crippen LogP contribution in [0.1, 0.15) is 12.5 Å². The van der Waals surface area contributed by atoms with E-state index in [1.165, 1.54) is 0 Å². The fraction of sp³-hybridized carbons (Fsp3) is 0.500. The maximum Gasteiger partial charge on any atom is 0.272 e. The van der Waals surface area contributed by atoms with Crippen molar-refractivity contribution in [3.05, 3.63) is 33.9 Å². The number of hydrogen-bond acceptors (Lipinski definition) is 4. The van der Waals surface area contributed by atoms with Crippen molar-refractivity contribution in [3.63, 3.8) is 0 Å². The topological polar surface area (TPSA) is 55.6 Å². The lowest BCUT2D eigenvalue weighted by Crippen LogP contribution is -2.43. The molecule has 5 nitrogen and oxygen atoms in total. The zero-order chi connectivity index (χ0) is 12.4. The predicted molar refractivity (Wildman–Crippen MR) is 65.5 cm³/mol. The van der Waals surface area contributed by atoms with Crippen LogP contribution in [0.3, 0.4) is 0 Å². The fourth-order valence-corrected chi connectivity index (χ4v) is 2.13. The lowest BCUT2D eigenvalue weighted by Gasteiger charge is -2.35. The monoisotopic (exact) mass is 236 g/mol. The molecule has 0 aliphatic carbocycles. The highest BCUT2D eigenvalue weighted by atomic mass is 16.6. The molecule has 0 amide bonds. The first-order valence-corrected chi connectivity index (χ1v) is 5.69. The Kier molecular flexibility index (Phi) is 3.28. The Morgan fingerprint density at radius 1 is 1.53 bits per heavy atom. The van der Waals surface area contributed by atoms with Crippen molar-refractivity contribution >= 4 is 11.4 Å². The Labute approximate surface area is 100 Å². The number of anilines is 1. The van der Waals surface area contributed by atoms with Crippen molar-refractivity contribution in [2.24, 2.45) is 0 Å². The van der Waals surface area contributed by atoms with Gasteiger partial charge >= 0.3 is 0 Å². The van der Waals surface area contributed by atoms with Gasteiger partial charge in [0, 0.05) is 29.9 Å². The average Bonchev–Trinajstić information content (AvgIpc) is 2.29. The Balaban J connectivity index is 2.27. The number of nitro benzene ring substituents is 1. The van der Waals surface area contributed by atoms with Gasteiger partial charge in [0.1, 0.15) is 0 Å². The Hall–Kier alpha value is -1.62. The van der Waals surface area contributed by atoms with Crippen LogP contribution in [0.5, 0.6) is 0 Å². The van der Waals surface area contributed by atoms with Crippen LogP contribution in [0, 0.1) is 17.0 Å². The van der Waals surface area contributed by atoms with Gasteiger partial charge in [0.25, 0.3) is 5.69 Å². The van der Waals surface area contributed by atoms with Gasteiger partial charge in [0.05, 0.1) is 18.1 Å². The molecule has 1 aliphatic rings. The molecule has 17 heavy (non-hydrogen) atoms. The van der Waals surface area contributed by atoms with Gasteiger partial charge in [-0.05, 0) is 26.0 Å². The number of benzene rings is 1. The summed E-state index contributed by atoms with van der Waals surface area (Å²) >= 11 is 0. The Morgan fingerprint density at radius 3 is 2.88 bits per heavy atom. The highest BCUT2D eigenvalue weighted by molar-refractivity contribution is 5.56. The molecule has 0 N–H and O–H groups in total. The summed E-state index contributed by atoms with van der Waals surface area (Å²) in [4.78, 5) is 12.6. The van der Waals surface area contributed by atoms with E-state index in [4.69, 9.17) is 4.74 Å². The largest absolute Gasteiger partial charge is 0.377 e. The van der Waals surface area contributed by atoms with Crippen LogP contribution in [0.4, 0.5) is 11.4 Å². The van der Waals surface area contributed by atoms with Crippen molar-refractivity contribution in [1.82, 2.24) is 0 Å². The summed E-state index contributed by atoms with van der Waals surface area (Å²) in [7, 11) is 0. The van der Waals surface area contributed by atoms with Gasteiger partial charge < -0.3 is 9.64 Å². The standard InChI is InChI=1S/C12H16N2O3/c1-9-7-11(3-4-12(9)14(15)16)13-5-6-17-8-10(13)2/h3-4,7,10H,5-6,8H2,1-2H3/t10-/m1/s1. The van der Waals surface area contributed by atoms with Crippen molar-refractivity contribution in [3.8, 4) is 0 Å². The minimum absolute atomic E-state index is 0.176. The molecule has 1 saturated heterocycles. The van der Waals surface area contributed by atoms with Crippen LogP contribution < -0.4 is 4.90 Å². The van der Waals surface area contributed by atoms with Gasteiger partial charge in [-0.25, -0.2) is 0 Å². The number of nitrogens with zero attached hydrogens (tertiary/aromatic N) is 2. The molecule has 0 aromatic heterocycles. The van der Waals surface area contributed by atoms with Crippen molar-refractivity contribution in [2.45, 2.75) is 19.9 Å². The van der Waals surface area contributed by atoms with E-state index in [2.05, 4.69) is 11.8 Å². The summed E-state index contributed by atoms with van der Waals surface area (Å²) < 4.78 is 5.38. The zero-order valence-electron chi connectivity index (χ0n) is 10.0. The molecule has 92 valence electrons. The molecule has 1 fully saturated rings. The van der Waals surface area contributed by atoms with Crippen molar-refractivity contribution < 1.29 is 9.66 Å². The smallest absolute Gasteiger partial charge is 0.272 e. The summed E-state index contributed by atoms with van der Waals surface area (Å²) in [5.74, 6) is 0. The zero-order valence-corrected chi connectivity index (χ0v) is 10.0. The average molecular weight is 236 g/mol. The van der Waals surface area contributed by atoms with Crippen LogP contribution in [-0.4, -0.2) is 30.7 Å². The second-order valence-corrected chi connectivity index (χ2v) is 4.35. The molecule has 1 aliphatic heterocycles. The van der Waals surface area contributed by atoms with Gasteiger partial charge in [-0.15, -0.1) is 0 Å². The summed E-state index contributed by atoms with van der Waals surface area (Å²) in [5.41, 5.74) is 1.91. The van der Waals surface area contributed by atoms with E-state index in [0.29, 0.717) is 24.8 Å². The van der Waals surface area contributed by atoms with Crippen molar-refractivity contribution in [1.29, 1.82) is 0 Å². The number of aryl methyl sites for hydroxylation is 1. The third kappa shape index (κ3) is 2.39. The first-order valence-electron chi connectivity index (χ1n) is 5.69. The molecule has 1 aromatic carbocycles. The van der Waals surface area contributed by atoms with Crippen LogP contribution in [-0.2, 0) is 4.74 Å². The molecule has 0 spiro atoms. The first kappa shape index (κ1) is 11.9. The minimum Gasteiger partial charge on any atom is -0.377 e. The molecule has 1 atom stereocenters. The van der Waals surface area contributed by atoms with Crippen LogP contribution in [0.15, 0.2) is 18.2 Å². The molecule has 0 unspecified atom stereocenters. The Bertz CT molecular complexity index is 434. The number of rotatable bonds is 2. The van der Waals surface area contributed by atoms with E-state index < -0.39 is 0 Å². The summed E-state index contributed by atoms with van der Waals surface area (Å²) in [6, 6.07) is 5.57. The molecule has 5 heteroatoms. The van der Waals surface area contributed by atoms with E-state index >= 15 is 0 Å². The number of morpholine rings is 1. The number of ether oxygens (including phenoxy) is 1. The van der Waals surface area contributed by atoms with Gasteiger partial charge in [-0.1, -0.05) is 0 Å². The third-order valence-electron chi connectivity index (χ3n) is 3.08. The molecule has 1 heterocycles. The van der Waals surface area contributed by atoms with Crippen LogP contribution in [0.2, 0.25) is 0 Å². The highest BCUT2D eigenvalue weighted by Crippen LogP contribution is 2.26. The van der Waals surface area contributed by atoms with E-state index in [9.17, 15) is 10.1 Å². The van der Waals surface area contributed by atoms with E-state index in [-0.39, 0.29) is 10.6 Å². The van der Waals surface area contributed by atoms with E-state index in [1.54, 1.807) is 13.0 Å². The third-order valence-corrected chi connectivity index (χ3v) is 3.08. The first-order chi connectivity index (χ1) is 8.09. The molecular weight excluding hydrogens is 220 g/mol. The SMILES string of the molecule is Cc1cc(N2CCOC[C@H]2C)ccc1[N+](=O)[O-]. The highest BCUT2D eigenvalue weighted by Gasteiger charge is 2.20. The normalized spacial score (nSPS) is 20.4. The van der Waals surface area contributed by atoms with Crippen LogP contribution in [0.25, 0.3) is 0 Å². The summed E-state index contributed by atoms with van der Waals surface area (Å²) in [6.45, 7) is 6.11. The molecule has 1 aromatic rings. The van der Waals surface area contributed by atoms with Gasteiger partial charge in [-0.3, -0.25) is 10.1 Å². The molecule has 0 saturated carbocycles. The fourth-order valence-electron chi connectivity index (χ4n) is 2.13. The van der Waals surface area contributed by atoms with Crippen LogP contribution >= 0.6 is 0 Å². The number of nitro groups is 1. The molecule has 0 radical (unpaired) electrons. The van der Waals surface area contributed by atoms with Gasteiger partial charge in [-0.2, -0.15) is 0 Å².